The van der Waals surface area contributed by atoms with Crippen LogP contribution in [-0.2, 0) is 4.79 Å². The molecule has 22 heavy (non-hydrogen) atoms. The van der Waals surface area contributed by atoms with Crippen molar-refractivity contribution in [3.63, 3.8) is 0 Å². The number of hydrazine groups is 1. The van der Waals surface area contributed by atoms with Crippen LogP contribution in [0.15, 0.2) is 53.7 Å². The van der Waals surface area contributed by atoms with Gasteiger partial charge in [-0.1, -0.05) is 6.07 Å². The number of benzene rings is 1. The first-order chi connectivity index (χ1) is 10.7. The Balaban J connectivity index is 1.70. The van der Waals surface area contributed by atoms with Crippen molar-refractivity contribution in [1.29, 1.82) is 0 Å². The molecule has 0 bridgehead atoms. The van der Waals surface area contributed by atoms with E-state index in [4.69, 9.17) is 0 Å². The lowest BCUT2D eigenvalue weighted by atomic mass is 10.2. The number of carbonyl (C=O) groups is 2. The third-order valence-electron chi connectivity index (χ3n) is 3.01. The Hall–Kier alpha value is -3.22. The van der Waals surface area contributed by atoms with Gasteiger partial charge >= 0.3 is 0 Å². The van der Waals surface area contributed by atoms with Crippen LogP contribution >= 0.6 is 0 Å². The molecule has 0 atom stereocenters. The van der Waals surface area contributed by atoms with Crippen molar-refractivity contribution in [3.8, 4) is 0 Å². The summed E-state index contributed by atoms with van der Waals surface area (Å²) < 4.78 is 0. The lowest BCUT2D eigenvalue weighted by Gasteiger charge is -2.15. The van der Waals surface area contributed by atoms with Crippen molar-refractivity contribution in [2.75, 3.05) is 11.9 Å². The highest BCUT2D eigenvalue weighted by molar-refractivity contribution is 6.04. The van der Waals surface area contributed by atoms with Gasteiger partial charge in [-0.3, -0.25) is 30.4 Å². The third-order valence-corrected chi connectivity index (χ3v) is 3.01. The number of anilines is 1. The molecule has 0 saturated heterocycles. The van der Waals surface area contributed by atoms with Crippen molar-refractivity contribution in [2.45, 2.75) is 0 Å². The van der Waals surface area contributed by atoms with E-state index in [0.29, 0.717) is 17.2 Å². The minimum absolute atomic E-state index is 0.0977. The van der Waals surface area contributed by atoms with Gasteiger partial charge in [0.15, 0.2) is 0 Å². The summed E-state index contributed by atoms with van der Waals surface area (Å²) in [4.78, 5) is 31.1. The summed E-state index contributed by atoms with van der Waals surface area (Å²) in [5.74, 6) is 0.138. The highest BCUT2D eigenvalue weighted by Gasteiger charge is 2.12. The Kier molecular flexibility index (Phi) is 3.78. The van der Waals surface area contributed by atoms with Crippen LogP contribution in [0, 0.1) is 0 Å². The van der Waals surface area contributed by atoms with Crippen LogP contribution in [-0.4, -0.2) is 29.2 Å². The van der Waals surface area contributed by atoms with Gasteiger partial charge in [0, 0.05) is 17.4 Å². The molecule has 1 aromatic carbocycles. The number of aliphatic imine (C=N–C) groups is 1. The first kappa shape index (κ1) is 13.7. The molecule has 3 rings (SSSR count). The van der Waals surface area contributed by atoms with Crippen LogP contribution in [0.5, 0.6) is 0 Å². The number of nitrogens with zero attached hydrogens (tertiary/aromatic N) is 2. The molecule has 3 N–H and O–H groups in total. The van der Waals surface area contributed by atoms with Crippen molar-refractivity contribution >= 4 is 23.3 Å². The molecule has 0 radical (unpaired) electrons. The molecule has 110 valence electrons. The predicted molar refractivity (Wildman–Crippen MR) is 81.3 cm³/mol. The quantitative estimate of drug-likeness (QED) is 0.777. The number of nitrogens with one attached hydrogen (secondary N) is 3. The van der Waals surface area contributed by atoms with Crippen LogP contribution in [0.4, 0.5) is 5.69 Å². The van der Waals surface area contributed by atoms with Gasteiger partial charge in [0.05, 0.1) is 0 Å². The zero-order valence-electron chi connectivity index (χ0n) is 11.5. The lowest BCUT2D eigenvalue weighted by Crippen LogP contribution is -2.47. The molecular formula is C15H13N5O2. The SMILES string of the molecule is O=C1CN=C(c2ccc(NC(=O)c3ccccn3)cc2)NN1. The van der Waals surface area contributed by atoms with Crippen molar-refractivity contribution < 1.29 is 9.59 Å². The highest BCUT2D eigenvalue weighted by atomic mass is 16.2. The number of aromatic nitrogens is 1. The van der Waals surface area contributed by atoms with Crippen LogP contribution in [0.1, 0.15) is 16.1 Å². The standard InChI is InChI=1S/C15H13N5O2/c21-13-9-17-14(20-19-13)10-4-6-11(7-5-10)18-15(22)12-3-1-2-8-16-12/h1-8H,9H2,(H,17,20)(H,18,22)(H,19,21). The monoisotopic (exact) mass is 295 g/mol. The van der Waals surface area contributed by atoms with E-state index < -0.39 is 0 Å². The number of amides is 2. The number of carbonyl (C=O) groups excluding carboxylic acids is 2. The molecule has 2 heterocycles. The van der Waals surface area contributed by atoms with Gasteiger partial charge in [0.25, 0.3) is 11.8 Å². The second-order valence-electron chi connectivity index (χ2n) is 4.58. The van der Waals surface area contributed by atoms with E-state index in [1.807, 2.05) is 0 Å². The van der Waals surface area contributed by atoms with E-state index in [1.165, 1.54) is 0 Å². The molecule has 2 amide bonds. The molecule has 0 unspecified atom stereocenters. The molecule has 1 aliphatic heterocycles. The number of hydrogen-bond donors (Lipinski definition) is 3. The lowest BCUT2D eigenvalue weighted by molar-refractivity contribution is -0.120. The van der Waals surface area contributed by atoms with Crippen LogP contribution in [0.2, 0.25) is 0 Å². The second kappa shape index (κ2) is 6.04. The average molecular weight is 295 g/mol. The third kappa shape index (κ3) is 3.09. The maximum atomic E-state index is 12.0. The first-order valence-corrected chi connectivity index (χ1v) is 6.64. The van der Waals surface area contributed by atoms with Crippen LogP contribution in [0.25, 0.3) is 0 Å². The fraction of sp³-hybridized carbons (Fsp3) is 0.0667. The Labute approximate surface area is 126 Å². The molecule has 0 spiro atoms. The van der Waals surface area contributed by atoms with Gasteiger partial charge in [-0.05, 0) is 36.4 Å². The van der Waals surface area contributed by atoms with Gasteiger partial charge < -0.3 is 5.32 Å². The smallest absolute Gasteiger partial charge is 0.274 e. The van der Waals surface area contributed by atoms with Crippen LogP contribution < -0.4 is 16.2 Å². The van der Waals surface area contributed by atoms with Crippen molar-refractivity contribution in [2.24, 2.45) is 4.99 Å². The molecule has 0 fully saturated rings. The maximum Gasteiger partial charge on any atom is 0.274 e. The first-order valence-electron chi connectivity index (χ1n) is 6.64. The molecular weight excluding hydrogens is 282 g/mol. The Bertz CT molecular complexity index is 725. The molecule has 1 aromatic heterocycles. The van der Waals surface area contributed by atoms with Gasteiger partial charge in [-0.2, -0.15) is 0 Å². The maximum absolute atomic E-state index is 12.0. The van der Waals surface area contributed by atoms with Gasteiger partial charge in [-0.15, -0.1) is 0 Å². The Morgan fingerprint density at radius 1 is 1.09 bits per heavy atom. The van der Waals surface area contributed by atoms with E-state index >= 15 is 0 Å². The predicted octanol–water partition coefficient (Wildman–Crippen LogP) is 0.715. The summed E-state index contributed by atoms with van der Waals surface area (Å²) >= 11 is 0. The molecule has 0 saturated carbocycles. The second-order valence-corrected chi connectivity index (χ2v) is 4.58. The summed E-state index contributed by atoms with van der Waals surface area (Å²) in [6.07, 6.45) is 1.57. The van der Waals surface area contributed by atoms with Crippen LogP contribution in [0.3, 0.4) is 0 Å². The largest absolute Gasteiger partial charge is 0.321 e. The molecule has 0 aliphatic carbocycles. The summed E-state index contributed by atoms with van der Waals surface area (Å²) in [7, 11) is 0. The molecule has 1 aliphatic rings. The zero-order chi connectivity index (χ0) is 15.4. The molecule has 2 aromatic rings. The van der Waals surface area contributed by atoms with Gasteiger partial charge in [0.2, 0.25) is 0 Å². The normalized spacial score (nSPS) is 13.6. The topological polar surface area (TPSA) is 95.5 Å². The summed E-state index contributed by atoms with van der Waals surface area (Å²) in [6.45, 7) is 0.0977. The summed E-state index contributed by atoms with van der Waals surface area (Å²) in [5, 5.41) is 2.76. The van der Waals surface area contributed by atoms with Gasteiger partial charge in [-0.25, -0.2) is 0 Å². The number of pyridine rings is 1. The minimum atomic E-state index is -0.270. The Morgan fingerprint density at radius 3 is 2.55 bits per heavy atom. The molecule has 7 nitrogen and oxygen atoms in total. The van der Waals surface area contributed by atoms with E-state index in [2.05, 4.69) is 26.1 Å². The van der Waals surface area contributed by atoms with Gasteiger partial charge in [0.1, 0.15) is 18.1 Å². The summed E-state index contributed by atoms with van der Waals surface area (Å²) in [5.41, 5.74) is 7.05. The number of rotatable bonds is 3. The molecule has 7 heteroatoms. The average Bonchev–Trinajstić information content (AvgIpc) is 2.57. The van der Waals surface area contributed by atoms with E-state index in [0.717, 1.165) is 5.56 Å². The van der Waals surface area contributed by atoms with E-state index in [1.54, 1.807) is 48.7 Å². The minimum Gasteiger partial charge on any atom is -0.321 e. The zero-order valence-corrected chi connectivity index (χ0v) is 11.5. The Morgan fingerprint density at radius 2 is 1.91 bits per heavy atom. The van der Waals surface area contributed by atoms with Crippen molar-refractivity contribution in [1.82, 2.24) is 15.8 Å². The van der Waals surface area contributed by atoms with Crippen molar-refractivity contribution in [3.05, 3.63) is 59.9 Å². The number of hydrogen-bond acceptors (Lipinski definition) is 5. The van der Waals surface area contributed by atoms with E-state index in [-0.39, 0.29) is 18.4 Å². The van der Waals surface area contributed by atoms with E-state index in [9.17, 15) is 9.59 Å². The summed E-state index contributed by atoms with van der Waals surface area (Å²) in [6, 6.07) is 12.3. The number of amidine groups is 1. The fourth-order valence-electron chi connectivity index (χ4n) is 1.93. The highest BCUT2D eigenvalue weighted by Crippen LogP contribution is 2.11. The fourth-order valence-corrected chi connectivity index (χ4v) is 1.93.